The number of ketones is 1. The maximum absolute atomic E-state index is 13.6. The minimum atomic E-state index is -0.541. The summed E-state index contributed by atoms with van der Waals surface area (Å²) in [5.41, 5.74) is 3.42. The Morgan fingerprint density at radius 2 is 1.94 bits per heavy atom. The Bertz CT molecular complexity index is 1160. The van der Waals surface area contributed by atoms with Crippen LogP contribution in [0, 0.1) is 0 Å². The largest absolute Gasteiger partial charge is 0.461 e. The summed E-state index contributed by atoms with van der Waals surface area (Å²) in [6.07, 6.45) is 1.11. The molecule has 2 aliphatic rings. The molecule has 2 aromatic rings. The molecule has 1 aromatic carbocycles. The number of thioether (sulfide) groups is 1. The van der Waals surface area contributed by atoms with Crippen LogP contribution in [0.5, 0.6) is 5.75 Å². The van der Waals surface area contributed by atoms with Gasteiger partial charge in [-0.1, -0.05) is 25.1 Å². The van der Waals surface area contributed by atoms with Gasteiger partial charge in [0.05, 0.1) is 5.57 Å². The van der Waals surface area contributed by atoms with Crippen LogP contribution in [0.4, 0.5) is 0 Å². The third-order valence-corrected chi connectivity index (χ3v) is 8.03. The highest BCUT2D eigenvalue weighted by molar-refractivity contribution is 7.99. The highest BCUT2D eigenvalue weighted by atomic mass is 32.2. The zero-order valence-electron chi connectivity index (χ0n) is 20.1. The molecule has 2 heterocycles. The van der Waals surface area contributed by atoms with Gasteiger partial charge in [0, 0.05) is 52.8 Å². The molecule has 0 fully saturated rings. The highest BCUT2D eigenvalue weighted by Gasteiger charge is 2.41. The van der Waals surface area contributed by atoms with Crippen molar-refractivity contribution in [2.24, 2.45) is 0 Å². The van der Waals surface area contributed by atoms with Crippen molar-refractivity contribution in [3.05, 3.63) is 74.8 Å². The second-order valence-electron chi connectivity index (χ2n) is 8.53. The first-order valence-corrected chi connectivity index (χ1v) is 13.7. The maximum atomic E-state index is 13.6. The summed E-state index contributed by atoms with van der Waals surface area (Å²) in [6.45, 7) is 5.58. The zero-order valence-corrected chi connectivity index (χ0v) is 21.7. The molecule has 1 aliphatic heterocycles. The molecule has 1 aliphatic carbocycles. The third-order valence-electron chi connectivity index (χ3n) is 6.13. The number of carbonyl (C=O) groups is 3. The molecular formula is C27H29NO5S2. The van der Waals surface area contributed by atoms with E-state index >= 15 is 0 Å². The van der Waals surface area contributed by atoms with Gasteiger partial charge in [0.15, 0.2) is 5.78 Å². The van der Waals surface area contributed by atoms with Crippen molar-refractivity contribution in [2.75, 3.05) is 18.1 Å². The summed E-state index contributed by atoms with van der Waals surface area (Å²) in [4.78, 5) is 39.4. The molecule has 1 N–H and O–H groups in total. The van der Waals surface area contributed by atoms with Gasteiger partial charge in [0.2, 0.25) is 0 Å². The van der Waals surface area contributed by atoms with Crippen LogP contribution in [0.3, 0.4) is 0 Å². The Hall–Kier alpha value is -2.84. The van der Waals surface area contributed by atoms with Crippen LogP contribution in [0.15, 0.2) is 64.3 Å². The van der Waals surface area contributed by atoms with E-state index in [0.29, 0.717) is 42.0 Å². The zero-order chi connectivity index (χ0) is 24.9. The summed E-state index contributed by atoms with van der Waals surface area (Å²) < 4.78 is 10.8. The number of dihydropyridines is 1. The Kier molecular flexibility index (Phi) is 8.13. The number of esters is 2. The van der Waals surface area contributed by atoms with Crippen LogP contribution in [0.25, 0.3) is 0 Å². The minimum absolute atomic E-state index is 0.0329. The molecule has 0 amide bonds. The van der Waals surface area contributed by atoms with Gasteiger partial charge in [-0.15, -0.1) is 11.3 Å². The fourth-order valence-corrected chi connectivity index (χ4v) is 6.00. The number of thiophene rings is 1. The van der Waals surface area contributed by atoms with Gasteiger partial charge in [-0.2, -0.15) is 11.8 Å². The normalized spacial score (nSPS) is 19.8. The molecular weight excluding hydrogens is 482 g/mol. The second kappa shape index (κ2) is 11.3. The van der Waals surface area contributed by atoms with E-state index in [4.69, 9.17) is 9.47 Å². The lowest BCUT2D eigenvalue weighted by atomic mass is 9.72. The first kappa shape index (κ1) is 25.3. The molecule has 6 nitrogen and oxygen atoms in total. The van der Waals surface area contributed by atoms with Gasteiger partial charge in [-0.3, -0.25) is 9.59 Å². The average Bonchev–Trinajstić information content (AvgIpc) is 3.36. The van der Waals surface area contributed by atoms with E-state index in [1.807, 2.05) is 30.5 Å². The lowest BCUT2D eigenvalue weighted by molar-refractivity contribution is -0.138. The first-order chi connectivity index (χ1) is 16.9. The summed E-state index contributed by atoms with van der Waals surface area (Å²) in [6, 6.07) is 11.1. The monoisotopic (exact) mass is 511 g/mol. The van der Waals surface area contributed by atoms with Gasteiger partial charge in [0.1, 0.15) is 12.4 Å². The lowest BCUT2D eigenvalue weighted by Crippen LogP contribution is -2.36. The number of nitrogens with one attached hydrogen (secondary N) is 1. The van der Waals surface area contributed by atoms with E-state index in [9.17, 15) is 14.4 Å². The van der Waals surface area contributed by atoms with Crippen LogP contribution >= 0.6 is 23.1 Å². The van der Waals surface area contributed by atoms with Crippen molar-refractivity contribution < 1.29 is 23.9 Å². The van der Waals surface area contributed by atoms with Gasteiger partial charge in [-0.25, -0.2) is 4.79 Å². The molecule has 0 unspecified atom stereocenters. The molecule has 184 valence electrons. The molecule has 35 heavy (non-hydrogen) atoms. The van der Waals surface area contributed by atoms with E-state index < -0.39 is 17.9 Å². The molecule has 0 spiro atoms. The highest BCUT2D eigenvalue weighted by Crippen LogP contribution is 2.46. The molecule has 0 bridgehead atoms. The van der Waals surface area contributed by atoms with Crippen molar-refractivity contribution in [3.8, 4) is 5.75 Å². The smallest absolute Gasteiger partial charge is 0.336 e. The quantitative estimate of drug-likeness (QED) is 0.291. The Balaban J connectivity index is 1.70. The SMILES string of the molecule is CCSCCOC(=O)C1=C(C)NC2=C(C(=O)C[C@H](c3cccs3)C2)[C@@H]1c1ccc(OC(C)=O)cc1. The molecule has 1 aromatic heterocycles. The van der Waals surface area contributed by atoms with Crippen molar-refractivity contribution in [1.29, 1.82) is 0 Å². The molecule has 0 radical (unpaired) electrons. The third kappa shape index (κ3) is 5.70. The van der Waals surface area contributed by atoms with E-state index in [1.54, 1.807) is 35.2 Å². The van der Waals surface area contributed by atoms with Gasteiger partial charge in [-0.05, 0) is 48.2 Å². The van der Waals surface area contributed by atoms with Crippen LogP contribution in [0.2, 0.25) is 0 Å². The van der Waals surface area contributed by atoms with E-state index in [-0.39, 0.29) is 11.7 Å². The predicted molar refractivity (Wildman–Crippen MR) is 139 cm³/mol. The van der Waals surface area contributed by atoms with E-state index in [2.05, 4.69) is 18.3 Å². The lowest BCUT2D eigenvalue weighted by Gasteiger charge is -2.36. The van der Waals surface area contributed by atoms with Crippen LogP contribution in [-0.2, 0) is 19.1 Å². The topological polar surface area (TPSA) is 81.7 Å². The Morgan fingerprint density at radius 3 is 2.60 bits per heavy atom. The van der Waals surface area contributed by atoms with Gasteiger partial charge < -0.3 is 14.8 Å². The Morgan fingerprint density at radius 1 is 1.17 bits per heavy atom. The van der Waals surface area contributed by atoms with Crippen molar-refractivity contribution in [2.45, 2.75) is 45.4 Å². The standard InChI is InChI=1S/C27H29NO5S2/c1-4-34-13-11-32-27(31)24-16(2)28-21-14-19(23-6-5-12-35-23)15-22(30)26(21)25(24)18-7-9-20(10-8-18)33-17(3)29/h5-10,12,19,25,28H,4,11,13-15H2,1-3H3/t19-,25-/m1/s1. The Labute approximate surface area is 213 Å². The number of hydrogen-bond acceptors (Lipinski definition) is 8. The second-order valence-corrected chi connectivity index (χ2v) is 10.9. The summed E-state index contributed by atoms with van der Waals surface area (Å²) in [7, 11) is 0. The van der Waals surface area contributed by atoms with Crippen molar-refractivity contribution >= 4 is 40.8 Å². The molecule has 8 heteroatoms. The fraction of sp³-hybridized carbons (Fsp3) is 0.370. The van der Waals surface area contributed by atoms with Crippen LogP contribution in [0.1, 0.15) is 55.9 Å². The van der Waals surface area contributed by atoms with E-state index in [1.165, 1.54) is 11.8 Å². The predicted octanol–water partition coefficient (Wildman–Crippen LogP) is 5.33. The van der Waals surface area contributed by atoms with Gasteiger partial charge in [0.25, 0.3) is 0 Å². The molecule has 0 saturated carbocycles. The first-order valence-electron chi connectivity index (χ1n) is 11.7. The molecule has 2 atom stereocenters. The molecule has 4 rings (SSSR count). The number of rotatable bonds is 8. The molecule has 0 saturated heterocycles. The minimum Gasteiger partial charge on any atom is -0.461 e. The van der Waals surface area contributed by atoms with Crippen molar-refractivity contribution in [1.82, 2.24) is 5.32 Å². The summed E-state index contributed by atoms with van der Waals surface area (Å²) >= 11 is 3.37. The maximum Gasteiger partial charge on any atom is 0.336 e. The van der Waals surface area contributed by atoms with Crippen LogP contribution in [-0.4, -0.2) is 35.8 Å². The number of carbonyl (C=O) groups excluding carboxylic acids is 3. The van der Waals surface area contributed by atoms with Gasteiger partial charge >= 0.3 is 11.9 Å². The number of allylic oxidation sites excluding steroid dienone is 3. The number of benzene rings is 1. The fourth-order valence-electron chi connectivity index (χ4n) is 4.68. The summed E-state index contributed by atoms with van der Waals surface area (Å²) in [5.74, 6) is 0.878. The number of hydrogen-bond donors (Lipinski definition) is 1. The number of ether oxygens (including phenoxy) is 2. The average molecular weight is 512 g/mol. The number of Topliss-reactive ketones (excluding diaryl/α,β-unsaturated/α-hetero) is 1. The van der Waals surface area contributed by atoms with Crippen molar-refractivity contribution in [3.63, 3.8) is 0 Å². The van der Waals surface area contributed by atoms with E-state index in [0.717, 1.165) is 22.8 Å². The summed E-state index contributed by atoms with van der Waals surface area (Å²) in [5, 5.41) is 5.41. The van der Waals surface area contributed by atoms with Crippen LogP contribution < -0.4 is 10.1 Å².